The highest BCUT2D eigenvalue weighted by Crippen LogP contribution is 2.27. The van der Waals surface area contributed by atoms with Gasteiger partial charge in [0, 0.05) is 23.6 Å². The summed E-state index contributed by atoms with van der Waals surface area (Å²) in [6.07, 6.45) is 2.39. The van der Waals surface area contributed by atoms with E-state index in [9.17, 15) is 14.9 Å². The molecule has 1 aromatic carbocycles. The van der Waals surface area contributed by atoms with Crippen molar-refractivity contribution in [1.29, 1.82) is 0 Å². The van der Waals surface area contributed by atoms with Crippen LogP contribution in [-0.4, -0.2) is 42.0 Å². The Kier molecular flexibility index (Phi) is 8.02. The van der Waals surface area contributed by atoms with E-state index in [0.717, 1.165) is 13.1 Å². The molecule has 2 heterocycles. The minimum absolute atomic E-state index is 0. The molecule has 1 N–H and O–H groups in total. The molecular weight excluding hydrogens is 390 g/mol. The Morgan fingerprint density at radius 2 is 1.96 bits per heavy atom. The fourth-order valence-corrected chi connectivity index (χ4v) is 3.88. The summed E-state index contributed by atoms with van der Waals surface area (Å²) in [5.74, 6) is 0.226. The molecule has 9 heteroatoms. The first-order valence-corrected chi connectivity index (χ1v) is 9.43. The van der Waals surface area contributed by atoms with Crippen molar-refractivity contribution >= 4 is 35.3 Å². The van der Waals surface area contributed by atoms with E-state index in [1.165, 1.54) is 42.0 Å². The quantitative estimate of drug-likeness (QED) is 0.531. The molecule has 1 aliphatic rings. The number of nitrogens with one attached hydrogen (secondary N) is 1. The number of benzene rings is 1. The molecule has 1 unspecified atom stereocenters. The number of rotatable bonds is 8. The van der Waals surface area contributed by atoms with Crippen molar-refractivity contribution < 1.29 is 14.5 Å². The maximum atomic E-state index is 12.1. The molecule has 0 radical (unpaired) electrons. The van der Waals surface area contributed by atoms with E-state index in [0.29, 0.717) is 12.3 Å². The molecule has 0 bridgehead atoms. The number of hydrogen-bond donors (Lipinski definition) is 1. The van der Waals surface area contributed by atoms with Crippen LogP contribution in [0.5, 0.6) is 5.75 Å². The van der Waals surface area contributed by atoms with Crippen LogP contribution in [0, 0.1) is 10.1 Å². The topological polar surface area (TPSA) is 84.7 Å². The van der Waals surface area contributed by atoms with E-state index in [4.69, 9.17) is 4.74 Å². The number of likely N-dealkylation sites (tertiary alicyclic amines) is 1. The second kappa shape index (κ2) is 10.2. The first kappa shape index (κ1) is 21.1. The summed E-state index contributed by atoms with van der Waals surface area (Å²) in [6.45, 7) is 2.54. The van der Waals surface area contributed by atoms with Crippen molar-refractivity contribution in [2.45, 2.75) is 18.9 Å². The average molecular weight is 412 g/mol. The number of halogens is 1. The van der Waals surface area contributed by atoms with Crippen LogP contribution in [-0.2, 0) is 4.79 Å². The third-order valence-electron chi connectivity index (χ3n) is 4.36. The van der Waals surface area contributed by atoms with Gasteiger partial charge in [0.05, 0.1) is 11.0 Å². The van der Waals surface area contributed by atoms with E-state index in [1.807, 2.05) is 6.07 Å². The lowest BCUT2D eigenvalue weighted by molar-refractivity contribution is -0.384. The number of hydrogen-bond acceptors (Lipinski definition) is 6. The summed E-state index contributed by atoms with van der Waals surface area (Å²) in [5.41, 5.74) is -0.00814. The average Bonchev–Trinajstić information content (AvgIpc) is 3.35. The Morgan fingerprint density at radius 3 is 2.56 bits per heavy atom. The number of nitro benzene ring substituents is 1. The number of amides is 1. The Labute approximate surface area is 167 Å². The zero-order chi connectivity index (χ0) is 18.4. The first-order chi connectivity index (χ1) is 12.6. The lowest BCUT2D eigenvalue weighted by atomic mass is 10.2. The van der Waals surface area contributed by atoms with Gasteiger partial charge < -0.3 is 10.1 Å². The molecule has 7 nitrogen and oxygen atoms in total. The van der Waals surface area contributed by atoms with E-state index < -0.39 is 4.92 Å². The van der Waals surface area contributed by atoms with Gasteiger partial charge in [0.1, 0.15) is 5.75 Å². The number of carbonyl (C=O) groups excluding carboxylic acids is 1. The summed E-state index contributed by atoms with van der Waals surface area (Å²) >= 11 is 1.70. The largest absolute Gasteiger partial charge is 0.484 e. The molecule has 1 aromatic heterocycles. The SMILES string of the molecule is Cl.O=C(COc1ccc([N+](=O)[O-])cc1)NCC(c1cccs1)N1CCCC1. The normalized spacial score (nSPS) is 15.0. The Morgan fingerprint density at radius 1 is 1.26 bits per heavy atom. The third-order valence-corrected chi connectivity index (χ3v) is 5.34. The highest BCUT2D eigenvalue weighted by molar-refractivity contribution is 7.10. The van der Waals surface area contributed by atoms with Crippen molar-refractivity contribution in [1.82, 2.24) is 10.2 Å². The van der Waals surface area contributed by atoms with E-state index in [-0.39, 0.29) is 36.7 Å². The summed E-state index contributed by atoms with van der Waals surface area (Å²) < 4.78 is 5.41. The van der Waals surface area contributed by atoms with Gasteiger partial charge in [0.15, 0.2) is 6.61 Å². The van der Waals surface area contributed by atoms with Gasteiger partial charge in [-0.15, -0.1) is 23.7 Å². The predicted molar refractivity (Wildman–Crippen MR) is 107 cm³/mol. The fourth-order valence-electron chi connectivity index (χ4n) is 3.02. The third kappa shape index (κ3) is 5.92. The Balaban J connectivity index is 0.00000261. The number of carbonyl (C=O) groups is 1. The first-order valence-electron chi connectivity index (χ1n) is 8.55. The monoisotopic (exact) mass is 411 g/mol. The molecule has 0 saturated carbocycles. The van der Waals surface area contributed by atoms with Gasteiger partial charge >= 0.3 is 0 Å². The van der Waals surface area contributed by atoms with Crippen LogP contribution in [0.25, 0.3) is 0 Å². The second-order valence-corrected chi connectivity index (χ2v) is 7.10. The van der Waals surface area contributed by atoms with Gasteiger partial charge in [-0.3, -0.25) is 19.8 Å². The van der Waals surface area contributed by atoms with Gasteiger partial charge in [0.2, 0.25) is 0 Å². The number of non-ortho nitro benzene ring substituents is 1. The Hall–Kier alpha value is -2.16. The van der Waals surface area contributed by atoms with E-state index >= 15 is 0 Å². The van der Waals surface area contributed by atoms with Crippen molar-refractivity contribution in [3.8, 4) is 5.75 Å². The number of ether oxygens (including phenoxy) is 1. The van der Waals surface area contributed by atoms with Crippen LogP contribution in [0.15, 0.2) is 41.8 Å². The van der Waals surface area contributed by atoms with Gasteiger partial charge in [-0.05, 0) is 49.5 Å². The highest BCUT2D eigenvalue weighted by Gasteiger charge is 2.24. The minimum atomic E-state index is -0.473. The number of thiophene rings is 1. The molecule has 2 aromatic rings. The standard InChI is InChI=1S/C18H21N3O4S.ClH/c22-18(13-25-15-7-5-14(6-8-15)21(23)24)19-12-16(17-4-3-11-26-17)20-9-1-2-10-20;/h3-8,11,16H,1-2,9-10,12-13H2,(H,19,22);1H. The Bertz CT molecular complexity index is 734. The number of nitrogens with zero attached hydrogens (tertiary/aromatic N) is 2. The van der Waals surface area contributed by atoms with Gasteiger partial charge in [-0.25, -0.2) is 0 Å². The molecular formula is C18H22ClN3O4S. The minimum Gasteiger partial charge on any atom is -0.484 e. The molecule has 1 saturated heterocycles. The van der Waals surface area contributed by atoms with Crippen molar-refractivity contribution in [2.24, 2.45) is 0 Å². The second-order valence-electron chi connectivity index (χ2n) is 6.12. The summed E-state index contributed by atoms with van der Waals surface area (Å²) in [4.78, 5) is 25.9. The molecule has 3 rings (SSSR count). The lowest BCUT2D eigenvalue weighted by Crippen LogP contribution is -2.38. The van der Waals surface area contributed by atoms with Gasteiger partial charge in [-0.1, -0.05) is 6.07 Å². The maximum absolute atomic E-state index is 12.1. The van der Waals surface area contributed by atoms with E-state index in [1.54, 1.807) is 11.3 Å². The lowest BCUT2D eigenvalue weighted by Gasteiger charge is -2.26. The van der Waals surface area contributed by atoms with Crippen LogP contribution in [0.4, 0.5) is 5.69 Å². The molecule has 27 heavy (non-hydrogen) atoms. The van der Waals surface area contributed by atoms with Crippen LogP contribution < -0.4 is 10.1 Å². The summed E-state index contributed by atoms with van der Waals surface area (Å²) in [6, 6.07) is 10.0. The maximum Gasteiger partial charge on any atom is 0.269 e. The zero-order valence-electron chi connectivity index (χ0n) is 14.7. The fraction of sp³-hybridized carbons (Fsp3) is 0.389. The molecule has 1 aliphatic heterocycles. The van der Waals surface area contributed by atoms with Crippen LogP contribution in [0.1, 0.15) is 23.8 Å². The molecule has 1 fully saturated rings. The molecule has 1 amide bonds. The van der Waals surface area contributed by atoms with Crippen LogP contribution in [0.2, 0.25) is 0 Å². The van der Waals surface area contributed by atoms with Gasteiger partial charge in [-0.2, -0.15) is 0 Å². The summed E-state index contributed by atoms with van der Waals surface area (Å²) in [7, 11) is 0. The molecule has 146 valence electrons. The molecule has 0 spiro atoms. The van der Waals surface area contributed by atoms with E-state index in [2.05, 4.69) is 21.7 Å². The smallest absolute Gasteiger partial charge is 0.269 e. The van der Waals surface area contributed by atoms with Gasteiger partial charge in [0.25, 0.3) is 11.6 Å². The zero-order valence-corrected chi connectivity index (χ0v) is 16.3. The predicted octanol–water partition coefficient (Wildman–Crippen LogP) is 3.41. The number of nitro groups is 1. The summed E-state index contributed by atoms with van der Waals surface area (Å²) in [5, 5.41) is 15.6. The molecule has 1 atom stereocenters. The van der Waals surface area contributed by atoms with Crippen LogP contribution >= 0.6 is 23.7 Å². The highest BCUT2D eigenvalue weighted by atomic mass is 35.5. The van der Waals surface area contributed by atoms with Crippen molar-refractivity contribution in [2.75, 3.05) is 26.2 Å². The molecule has 0 aliphatic carbocycles. The van der Waals surface area contributed by atoms with Crippen molar-refractivity contribution in [3.05, 3.63) is 56.8 Å². The van der Waals surface area contributed by atoms with Crippen molar-refractivity contribution in [3.63, 3.8) is 0 Å². The van der Waals surface area contributed by atoms with Crippen LogP contribution in [0.3, 0.4) is 0 Å².